The normalized spacial score (nSPS) is 20.0. The Morgan fingerprint density at radius 1 is 1.45 bits per heavy atom. The predicted octanol–water partition coefficient (Wildman–Crippen LogP) is 2.36. The first-order chi connectivity index (χ1) is 9.40. The first kappa shape index (κ1) is 16.3. The van der Waals surface area contributed by atoms with Crippen LogP contribution in [0.4, 0.5) is 5.69 Å². The summed E-state index contributed by atoms with van der Waals surface area (Å²) in [5.74, 6) is 3.18. The van der Waals surface area contributed by atoms with E-state index in [0.717, 1.165) is 17.3 Å². The number of halogens is 1. The first-order valence-corrected chi connectivity index (χ1v) is 10.2. The van der Waals surface area contributed by atoms with Crippen molar-refractivity contribution < 1.29 is 8.42 Å². The number of hydrogen-bond donors (Lipinski definition) is 2. The van der Waals surface area contributed by atoms with Gasteiger partial charge in [0, 0.05) is 39.8 Å². The summed E-state index contributed by atoms with van der Waals surface area (Å²) in [6, 6.07) is 2.89. The summed E-state index contributed by atoms with van der Waals surface area (Å²) in [5.41, 5.74) is 6.86. The second-order valence-electron chi connectivity index (χ2n) is 4.54. The number of thioether (sulfide) groups is 2. The second kappa shape index (κ2) is 6.79. The van der Waals surface area contributed by atoms with Crippen LogP contribution < -0.4 is 10.5 Å². The van der Waals surface area contributed by atoms with E-state index in [9.17, 15) is 8.42 Å². The predicted molar refractivity (Wildman–Crippen MR) is 89.4 cm³/mol. The van der Waals surface area contributed by atoms with Gasteiger partial charge in [-0.25, -0.2) is 13.1 Å². The molecule has 0 aromatic heterocycles. The highest BCUT2D eigenvalue weighted by atomic mass is 35.5. The lowest BCUT2D eigenvalue weighted by atomic mass is 10.2. The summed E-state index contributed by atoms with van der Waals surface area (Å²) in [6.45, 7) is 2.20. The molecule has 2 rings (SSSR count). The standard InChI is InChI=1S/C12H17ClN2O2S3/c1-8-11(13)4-10(5-12(8)14)20(16,17)15-6-9-7-18-2-3-19-9/h4-5,9,15H,2-3,6-7,14H2,1H3. The Bertz CT molecular complexity index is 563. The van der Waals surface area contributed by atoms with Crippen molar-refractivity contribution in [3.63, 3.8) is 0 Å². The molecule has 0 aliphatic carbocycles. The summed E-state index contributed by atoms with van der Waals surface area (Å²) < 4.78 is 27.1. The summed E-state index contributed by atoms with van der Waals surface area (Å²) >= 11 is 9.66. The Morgan fingerprint density at radius 3 is 2.80 bits per heavy atom. The van der Waals surface area contributed by atoms with Crippen LogP contribution in [0.5, 0.6) is 0 Å². The van der Waals surface area contributed by atoms with E-state index in [1.54, 1.807) is 6.92 Å². The molecule has 1 aromatic rings. The maximum absolute atomic E-state index is 12.2. The van der Waals surface area contributed by atoms with Crippen LogP contribution in [0.3, 0.4) is 0 Å². The molecule has 0 spiro atoms. The van der Waals surface area contributed by atoms with Crippen LogP contribution in [0.1, 0.15) is 5.56 Å². The first-order valence-electron chi connectivity index (χ1n) is 6.15. The highest BCUT2D eigenvalue weighted by molar-refractivity contribution is 8.06. The topological polar surface area (TPSA) is 72.2 Å². The highest BCUT2D eigenvalue weighted by Crippen LogP contribution is 2.27. The van der Waals surface area contributed by atoms with Gasteiger partial charge < -0.3 is 5.73 Å². The van der Waals surface area contributed by atoms with Crippen molar-refractivity contribution in [3.8, 4) is 0 Å². The van der Waals surface area contributed by atoms with E-state index in [4.69, 9.17) is 17.3 Å². The smallest absolute Gasteiger partial charge is 0.240 e. The molecule has 8 heteroatoms. The highest BCUT2D eigenvalue weighted by Gasteiger charge is 2.20. The van der Waals surface area contributed by atoms with Gasteiger partial charge >= 0.3 is 0 Å². The molecule has 0 amide bonds. The Labute approximate surface area is 133 Å². The van der Waals surface area contributed by atoms with Gasteiger partial charge in [0.05, 0.1) is 4.90 Å². The van der Waals surface area contributed by atoms with Crippen molar-refractivity contribution >= 4 is 50.8 Å². The van der Waals surface area contributed by atoms with E-state index in [-0.39, 0.29) is 4.90 Å². The fraction of sp³-hybridized carbons (Fsp3) is 0.500. The van der Waals surface area contributed by atoms with Gasteiger partial charge in [0.1, 0.15) is 0 Å². The molecule has 0 saturated carbocycles. The van der Waals surface area contributed by atoms with Gasteiger partial charge in [-0.3, -0.25) is 0 Å². The maximum Gasteiger partial charge on any atom is 0.240 e. The summed E-state index contributed by atoms with van der Waals surface area (Å²) in [4.78, 5) is 0.124. The van der Waals surface area contributed by atoms with E-state index in [2.05, 4.69) is 4.72 Å². The molecule has 4 nitrogen and oxygen atoms in total. The number of nitrogens with one attached hydrogen (secondary N) is 1. The van der Waals surface area contributed by atoms with Crippen LogP contribution in [0.25, 0.3) is 0 Å². The number of nitrogens with two attached hydrogens (primary N) is 1. The molecule has 1 heterocycles. The summed E-state index contributed by atoms with van der Waals surface area (Å²) in [6.07, 6.45) is 0. The van der Waals surface area contributed by atoms with E-state index in [1.165, 1.54) is 12.1 Å². The molecule has 1 saturated heterocycles. The molecular formula is C12H17ClN2O2S3. The van der Waals surface area contributed by atoms with Gasteiger partial charge in [0.25, 0.3) is 0 Å². The van der Waals surface area contributed by atoms with Gasteiger partial charge in [0.15, 0.2) is 0 Å². The summed E-state index contributed by atoms with van der Waals surface area (Å²) in [7, 11) is -3.56. The lowest BCUT2D eigenvalue weighted by Crippen LogP contribution is -2.33. The van der Waals surface area contributed by atoms with Crippen molar-refractivity contribution in [1.29, 1.82) is 0 Å². The molecule has 0 bridgehead atoms. The number of nitrogen functional groups attached to an aromatic ring is 1. The Hall–Kier alpha value is -0.0800. The molecule has 1 aliphatic heterocycles. The van der Waals surface area contributed by atoms with Gasteiger partial charge in [-0.1, -0.05) is 11.6 Å². The van der Waals surface area contributed by atoms with E-state index >= 15 is 0 Å². The fourth-order valence-corrected chi connectivity index (χ4v) is 5.92. The minimum atomic E-state index is -3.56. The van der Waals surface area contributed by atoms with Crippen LogP contribution in [-0.4, -0.2) is 37.5 Å². The quantitative estimate of drug-likeness (QED) is 0.814. The Kier molecular flexibility index (Phi) is 5.53. The number of hydrogen-bond acceptors (Lipinski definition) is 5. The van der Waals surface area contributed by atoms with Crippen molar-refractivity contribution in [2.75, 3.05) is 29.5 Å². The van der Waals surface area contributed by atoms with Crippen LogP contribution in [-0.2, 0) is 10.0 Å². The Balaban J connectivity index is 2.10. The maximum atomic E-state index is 12.2. The third kappa shape index (κ3) is 3.98. The molecule has 1 aliphatic rings. The fourth-order valence-electron chi connectivity index (χ4n) is 1.77. The van der Waals surface area contributed by atoms with Gasteiger partial charge in [-0.2, -0.15) is 23.5 Å². The Morgan fingerprint density at radius 2 is 2.20 bits per heavy atom. The third-order valence-corrected chi connectivity index (χ3v) is 7.69. The third-order valence-electron chi connectivity index (χ3n) is 3.05. The molecule has 112 valence electrons. The zero-order valence-electron chi connectivity index (χ0n) is 11.1. The van der Waals surface area contributed by atoms with Crippen LogP contribution in [0.15, 0.2) is 17.0 Å². The zero-order chi connectivity index (χ0) is 14.8. The number of anilines is 1. The van der Waals surface area contributed by atoms with Crippen molar-refractivity contribution in [2.45, 2.75) is 17.1 Å². The number of sulfonamides is 1. The van der Waals surface area contributed by atoms with E-state index < -0.39 is 10.0 Å². The van der Waals surface area contributed by atoms with Gasteiger partial charge in [-0.15, -0.1) is 0 Å². The van der Waals surface area contributed by atoms with Crippen LogP contribution in [0.2, 0.25) is 5.02 Å². The van der Waals surface area contributed by atoms with Crippen molar-refractivity contribution in [1.82, 2.24) is 4.72 Å². The van der Waals surface area contributed by atoms with Gasteiger partial charge in [-0.05, 0) is 24.6 Å². The lowest BCUT2D eigenvalue weighted by Gasteiger charge is -2.21. The average Bonchev–Trinajstić information content (AvgIpc) is 2.43. The molecule has 1 aromatic carbocycles. The molecule has 1 fully saturated rings. The zero-order valence-corrected chi connectivity index (χ0v) is 14.3. The van der Waals surface area contributed by atoms with Crippen molar-refractivity contribution in [2.24, 2.45) is 0 Å². The van der Waals surface area contributed by atoms with E-state index in [1.807, 2.05) is 23.5 Å². The molecule has 1 atom stereocenters. The largest absolute Gasteiger partial charge is 0.398 e. The molecule has 20 heavy (non-hydrogen) atoms. The lowest BCUT2D eigenvalue weighted by molar-refractivity contribution is 0.581. The molecule has 1 unspecified atom stereocenters. The minimum Gasteiger partial charge on any atom is -0.398 e. The molecular weight excluding hydrogens is 336 g/mol. The van der Waals surface area contributed by atoms with Crippen LogP contribution >= 0.6 is 35.1 Å². The van der Waals surface area contributed by atoms with Gasteiger partial charge in [0.2, 0.25) is 10.0 Å². The average molecular weight is 353 g/mol. The van der Waals surface area contributed by atoms with E-state index in [0.29, 0.717) is 28.1 Å². The number of benzene rings is 1. The van der Waals surface area contributed by atoms with Crippen LogP contribution in [0, 0.1) is 6.92 Å². The molecule has 0 radical (unpaired) electrons. The monoisotopic (exact) mass is 352 g/mol. The van der Waals surface area contributed by atoms with Crippen molar-refractivity contribution in [3.05, 3.63) is 22.7 Å². The minimum absolute atomic E-state index is 0.124. The number of rotatable bonds is 4. The molecule has 3 N–H and O–H groups in total. The second-order valence-corrected chi connectivity index (χ2v) is 9.27. The SMILES string of the molecule is Cc1c(N)cc(S(=O)(=O)NCC2CSCCS2)cc1Cl. The summed E-state index contributed by atoms with van der Waals surface area (Å²) in [5, 5.41) is 0.690.